The van der Waals surface area contributed by atoms with Crippen molar-refractivity contribution in [3.8, 4) is 55.9 Å². The fourth-order valence-electron chi connectivity index (χ4n) is 8.68. The zero-order valence-corrected chi connectivity index (χ0v) is 30.7. The first kappa shape index (κ1) is 32.0. The van der Waals surface area contributed by atoms with Gasteiger partial charge in [-0.1, -0.05) is 170 Å². The van der Waals surface area contributed by atoms with Crippen molar-refractivity contribution in [1.29, 1.82) is 0 Å². The minimum Gasteiger partial charge on any atom is -0.309 e. The van der Waals surface area contributed by atoms with Crippen molar-refractivity contribution in [2.24, 2.45) is 0 Å². The molecule has 0 N–H and O–H groups in total. The van der Waals surface area contributed by atoms with Crippen LogP contribution in [0.15, 0.2) is 218 Å². The number of nitrogens with zero attached hydrogens (tertiary/aromatic N) is 2. The molecule has 2 nitrogen and oxygen atoms in total. The summed E-state index contributed by atoms with van der Waals surface area (Å²) in [7, 11) is 0. The van der Waals surface area contributed by atoms with Crippen molar-refractivity contribution in [2.45, 2.75) is 0 Å². The van der Waals surface area contributed by atoms with Crippen molar-refractivity contribution >= 4 is 43.6 Å². The lowest BCUT2D eigenvalue weighted by Crippen LogP contribution is -1.97. The third-order valence-electron chi connectivity index (χ3n) is 11.3. The van der Waals surface area contributed by atoms with Gasteiger partial charge in [-0.05, 0) is 87.5 Å². The molecule has 56 heavy (non-hydrogen) atoms. The number of rotatable bonds is 6. The summed E-state index contributed by atoms with van der Waals surface area (Å²) in [5.41, 5.74) is 16.7. The van der Waals surface area contributed by atoms with Crippen LogP contribution in [0.5, 0.6) is 0 Å². The highest BCUT2D eigenvalue weighted by Gasteiger charge is 2.18. The zero-order chi connectivity index (χ0) is 37.0. The predicted octanol–water partition coefficient (Wildman–Crippen LogP) is 14.5. The fraction of sp³-hybridized carbons (Fsp3) is 0. The summed E-state index contributed by atoms with van der Waals surface area (Å²) in [4.78, 5) is 0. The van der Waals surface area contributed by atoms with Gasteiger partial charge in [-0.3, -0.25) is 0 Å². The molecule has 0 aliphatic carbocycles. The molecule has 0 spiro atoms. The molecule has 0 saturated heterocycles. The average molecular weight is 713 g/mol. The molecule has 2 heterocycles. The van der Waals surface area contributed by atoms with Crippen LogP contribution in [0.2, 0.25) is 0 Å². The Kier molecular flexibility index (Phi) is 7.53. The van der Waals surface area contributed by atoms with Crippen LogP contribution in [0.4, 0.5) is 0 Å². The van der Waals surface area contributed by atoms with Crippen LogP contribution < -0.4 is 0 Å². The van der Waals surface area contributed by atoms with E-state index in [9.17, 15) is 0 Å². The Bertz CT molecular complexity index is 3220. The molecule has 2 aromatic heterocycles. The Hall–Kier alpha value is -7.42. The molecule has 0 unspecified atom stereocenters. The molecule has 262 valence electrons. The summed E-state index contributed by atoms with van der Waals surface area (Å²) in [5.74, 6) is 0. The molecule has 2 heteroatoms. The molecule has 0 aliphatic rings. The second-order valence-corrected chi connectivity index (χ2v) is 14.5. The van der Waals surface area contributed by atoms with E-state index in [1.54, 1.807) is 0 Å². The topological polar surface area (TPSA) is 9.86 Å². The summed E-state index contributed by atoms with van der Waals surface area (Å²) in [6.07, 6.45) is 0. The number of para-hydroxylation sites is 3. The maximum atomic E-state index is 2.46. The summed E-state index contributed by atoms with van der Waals surface area (Å²) < 4.78 is 4.88. The van der Waals surface area contributed by atoms with Crippen LogP contribution in [-0.2, 0) is 0 Å². The lowest BCUT2D eigenvalue weighted by Gasteiger charge is -2.15. The highest BCUT2D eigenvalue weighted by atomic mass is 15.0. The molecule has 11 aromatic rings. The highest BCUT2D eigenvalue weighted by molar-refractivity contribution is 6.12. The minimum atomic E-state index is 1.15. The fourth-order valence-corrected chi connectivity index (χ4v) is 8.68. The van der Waals surface area contributed by atoms with Crippen LogP contribution in [0, 0.1) is 0 Å². The summed E-state index contributed by atoms with van der Waals surface area (Å²) in [5, 5.41) is 4.99. The molecule has 0 atom stereocenters. The van der Waals surface area contributed by atoms with Crippen molar-refractivity contribution in [3.63, 3.8) is 0 Å². The second-order valence-electron chi connectivity index (χ2n) is 14.5. The molecular formula is C54H36N2. The molecule has 0 bridgehead atoms. The largest absolute Gasteiger partial charge is 0.309 e. The van der Waals surface area contributed by atoms with E-state index in [-0.39, 0.29) is 0 Å². The van der Waals surface area contributed by atoms with E-state index >= 15 is 0 Å². The van der Waals surface area contributed by atoms with Gasteiger partial charge >= 0.3 is 0 Å². The molecule has 0 radical (unpaired) electrons. The van der Waals surface area contributed by atoms with Gasteiger partial charge in [-0.15, -0.1) is 0 Å². The first-order chi connectivity index (χ1) is 27.8. The van der Waals surface area contributed by atoms with Crippen LogP contribution in [0.25, 0.3) is 99.5 Å². The first-order valence-corrected chi connectivity index (χ1v) is 19.3. The number of hydrogen-bond acceptors (Lipinski definition) is 0. The normalized spacial score (nSPS) is 11.6. The van der Waals surface area contributed by atoms with E-state index in [4.69, 9.17) is 0 Å². The highest BCUT2D eigenvalue weighted by Crippen LogP contribution is 2.40. The number of aromatic nitrogens is 2. The Labute approximate surface area is 325 Å². The van der Waals surface area contributed by atoms with Gasteiger partial charge < -0.3 is 9.13 Å². The molecule has 11 rings (SSSR count). The quantitative estimate of drug-likeness (QED) is 0.162. The number of fused-ring (bicyclic) bond motifs is 6. The van der Waals surface area contributed by atoms with Gasteiger partial charge in [0.2, 0.25) is 0 Å². The Morgan fingerprint density at radius 3 is 1.32 bits per heavy atom. The average Bonchev–Trinajstić information content (AvgIpc) is 3.79. The minimum absolute atomic E-state index is 1.15. The number of hydrogen-bond donors (Lipinski definition) is 0. The maximum absolute atomic E-state index is 2.46. The maximum Gasteiger partial charge on any atom is 0.0547 e. The monoisotopic (exact) mass is 712 g/mol. The van der Waals surface area contributed by atoms with Gasteiger partial charge in [0.25, 0.3) is 0 Å². The molecule has 0 saturated carbocycles. The van der Waals surface area contributed by atoms with Gasteiger partial charge in [0.05, 0.1) is 27.8 Å². The van der Waals surface area contributed by atoms with Crippen LogP contribution in [0.3, 0.4) is 0 Å². The van der Waals surface area contributed by atoms with Gasteiger partial charge in [0.1, 0.15) is 0 Å². The third kappa shape index (κ3) is 5.26. The van der Waals surface area contributed by atoms with Crippen molar-refractivity contribution in [2.75, 3.05) is 0 Å². The Morgan fingerprint density at radius 1 is 0.232 bits per heavy atom. The lowest BCUT2D eigenvalue weighted by atomic mass is 9.98. The van der Waals surface area contributed by atoms with Gasteiger partial charge in [0, 0.05) is 32.8 Å². The summed E-state index contributed by atoms with van der Waals surface area (Å²) >= 11 is 0. The predicted molar refractivity (Wildman–Crippen MR) is 237 cm³/mol. The van der Waals surface area contributed by atoms with Crippen molar-refractivity contribution in [3.05, 3.63) is 218 Å². The third-order valence-corrected chi connectivity index (χ3v) is 11.3. The zero-order valence-electron chi connectivity index (χ0n) is 30.7. The molecule has 0 aliphatic heterocycles. The first-order valence-electron chi connectivity index (χ1n) is 19.3. The van der Waals surface area contributed by atoms with Gasteiger partial charge in [0.15, 0.2) is 0 Å². The standard InChI is InChI=1S/C54H36N2/c1-3-14-37(15-4-1)39-26-30-44(31-27-39)55-51-24-11-8-21-46(51)48-32-28-41(35-53(48)55)42-29-33-49-47-22-9-12-25-52(47)56(54(49)36-42)50-23-10-7-20-45(50)43-19-13-18-40(34-43)38-16-5-2-6-17-38/h1-36H. The lowest BCUT2D eigenvalue weighted by molar-refractivity contribution is 1.18. The number of benzene rings is 9. The van der Waals surface area contributed by atoms with Crippen molar-refractivity contribution in [1.82, 2.24) is 9.13 Å². The molecule has 0 amide bonds. The second kappa shape index (κ2) is 13.2. The van der Waals surface area contributed by atoms with E-state index < -0.39 is 0 Å². The molecular weight excluding hydrogens is 677 g/mol. The van der Waals surface area contributed by atoms with Crippen LogP contribution in [-0.4, -0.2) is 9.13 Å². The van der Waals surface area contributed by atoms with E-state index in [1.807, 2.05) is 0 Å². The van der Waals surface area contributed by atoms with E-state index in [0.717, 1.165) is 11.4 Å². The Balaban J connectivity index is 1.08. The SMILES string of the molecule is c1ccc(-c2ccc(-n3c4ccccc4c4ccc(-c5ccc6c7ccccc7n(-c7ccccc7-c7cccc(-c8ccccc8)c7)c6c5)cc43)cc2)cc1. The Morgan fingerprint density at radius 2 is 0.661 bits per heavy atom. The van der Waals surface area contributed by atoms with Gasteiger partial charge in [-0.25, -0.2) is 0 Å². The summed E-state index contributed by atoms with van der Waals surface area (Å²) in [6, 6.07) is 79.4. The van der Waals surface area contributed by atoms with Gasteiger partial charge in [-0.2, -0.15) is 0 Å². The van der Waals surface area contributed by atoms with E-state index in [2.05, 4.69) is 228 Å². The smallest absolute Gasteiger partial charge is 0.0547 e. The van der Waals surface area contributed by atoms with Crippen LogP contribution in [0.1, 0.15) is 0 Å². The van der Waals surface area contributed by atoms with Crippen molar-refractivity contribution < 1.29 is 0 Å². The van der Waals surface area contributed by atoms with E-state index in [0.29, 0.717) is 0 Å². The van der Waals surface area contributed by atoms with Crippen LogP contribution >= 0.6 is 0 Å². The summed E-state index contributed by atoms with van der Waals surface area (Å²) in [6.45, 7) is 0. The molecule has 0 fully saturated rings. The van der Waals surface area contributed by atoms with E-state index in [1.165, 1.54) is 88.1 Å². The molecule has 9 aromatic carbocycles.